The van der Waals surface area contributed by atoms with Gasteiger partial charge in [0.2, 0.25) is 0 Å². The van der Waals surface area contributed by atoms with Gasteiger partial charge in [-0.05, 0) is 31.0 Å². The zero-order valence-electron chi connectivity index (χ0n) is 11.7. The van der Waals surface area contributed by atoms with Crippen molar-refractivity contribution in [2.75, 3.05) is 6.54 Å². The van der Waals surface area contributed by atoms with Crippen LogP contribution in [0.1, 0.15) is 45.8 Å². The molecular formula is C15H24ClNO. The Hall–Kier alpha value is -0.570. The van der Waals surface area contributed by atoms with E-state index in [4.69, 9.17) is 16.3 Å². The van der Waals surface area contributed by atoms with Gasteiger partial charge in [0, 0.05) is 17.6 Å². The zero-order chi connectivity index (χ0) is 13.5. The number of rotatable bonds is 7. The highest BCUT2D eigenvalue weighted by Crippen LogP contribution is 2.21. The molecule has 3 heteroatoms. The molecule has 2 nitrogen and oxygen atoms in total. The van der Waals surface area contributed by atoms with Crippen LogP contribution in [0.4, 0.5) is 0 Å². The minimum atomic E-state index is 0.0830. The number of halogens is 1. The Kier molecular flexibility index (Phi) is 6.69. The first-order valence-electron chi connectivity index (χ1n) is 6.67. The number of hydrogen-bond donors (Lipinski definition) is 1. The molecule has 2 unspecified atom stereocenters. The highest BCUT2D eigenvalue weighted by atomic mass is 35.5. The third kappa shape index (κ3) is 5.38. The normalized spacial score (nSPS) is 14.8. The van der Waals surface area contributed by atoms with Crippen molar-refractivity contribution in [2.45, 2.75) is 52.4 Å². The van der Waals surface area contributed by atoms with Gasteiger partial charge in [-0.15, -0.1) is 0 Å². The summed E-state index contributed by atoms with van der Waals surface area (Å²) in [6.07, 6.45) is 1.37. The predicted molar refractivity (Wildman–Crippen MR) is 78.2 cm³/mol. The van der Waals surface area contributed by atoms with E-state index in [0.29, 0.717) is 6.04 Å². The van der Waals surface area contributed by atoms with Crippen molar-refractivity contribution in [1.29, 1.82) is 0 Å². The second-order valence-electron chi connectivity index (χ2n) is 4.96. The fourth-order valence-electron chi connectivity index (χ4n) is 1.64. The number of nitrogens with one attached hydrogen (secondary N) is 1. The summed E-state index contributed by atoms with van der Waals surface area (Å²) in [4.78, 5) is 0. The highest BCUT2D eigenvalue weighted by molar-refractivity contribution is 6.30. The fraction of sp³-hybridized carbons (Fsp3) is 0.600. The minimum Gasteiger partial charge on any atom is -0.369 e. The van der Waals surface area contributed by atoms with E-state index in [1.165, 1.54) is 5.56 Å². The molecule has 1 aromatic carbocycles. The van der Waals surface area contributed by atoms with Crippen LogP contribution in [0.15, 0.2) is 24.3 Å². The number of benzene rings is 1. The molecule has 0 aromatic heterocycles. The smallest absolute Gasteiger partial charge is 0.0952 e. The maximum Gasteiger partial charge on any atom is 0.0952 e. The van der Waals surface area contributed by atoms with Crippen LogP contribution >= 0.6 is 11.6 Å². The first-order chi connectivity index (χ1) is 8.52. The monoisotopic (exact) mass is 269 g/mol. The lowest BCUT2D eigenvalue weighted by Crippen LogP contribution is -2.30. The first kappa shape index (κ1) is 15.5. The van der Waals surface area contributed by atoms with Crippen LogP contribution in [0.25, 0.3) is 0 Å². The molecule has 0 aliphatic rings. The van der Waals surface area contributed by atoms with Crippen LogP contribution in [-0.2, 0) is 4.74 Å². The third-order valence-electron chi connectivity index (χ3n) is 2.92. The second kappa shape index (κ2) is 7.78. The van der Waals surface area contributed by atoms with Crippen LogP contribution < -0.4 is 5.32 Å². The number of hydrogen-bond acceptors (Lipinski definition) is 2. The van der Waals surface area contributed by atoms with E-state index in [-0.39, 0.29) is 12.2 Å². The van der Waals surface area contributed by atoms with Gasteiger partial charge >= 0.3 is 0 Å². The minimum absolute atomic E-state index is 0.0830. The quantitative estimate of drug-likeness (QED) is 0.801. The topological polar surface area (TPSA) is 21.3 Å². The molecule has 1 N–H and O–H groups in total. The molecule has 0 radical (unpaired) electrons. The second-order valence-corrected chi connectivity index (χ2v) is 5.39. The largest absolute Gasteiger partial charge is 0.369 e. The molecule has 0 aliphatic heterocycles. The van der Waals surface area contributed by atoms with Crippen molar-refractivity contribution < 1.29 is 4.74 Å². The molecule has 0 aliphatic carbocycles. The molecule has 1 aromatic rings. The van der Waals surface area contributed by atoms with E-state index < -0.39 is 0 Å². The summed E-state index contributed by atoms with van der Waals surface area (Å²) in [5.74, 6) is 0. The Morgan fingerprint density at radius 2 is 1.78 bits per heavy atom. The van der Waals surface area contributed by atoms with Crippen LogP contribution in [0, 0.1) is 0 Å². The lowest BCUT2D eigenvalue weighted by atomic mass is 10.1. The molecule has 102 valence electrons. The van der Waals surface area contributed by atoms with Crippen molar-refractivity contribution in [3.05, 3.63) is 34.9 Å². The third-order valence-corrected chi connectivity index (χ3v) is 3.18. The Labute approximate surface area is 116 Å². The Morgan fingerprint density at radius 1 is 1.17 bits per heavy atom. The molecule has 0 amide bonds. The SMILES string of the molecule is CCC(C)OC(CNC(C)C)c1ccc(Cl)cc1. The van der Waals surface area contributed by atoms with E-state index in [0.717, 1.165) is 18.0 Å². The van der Waals surface area contributed by atoms with Gasteiger partial charge in [0.05, 0.1) is 12.2 Å². The predicted octanol–water partition coefficient (Wildman–Crippen LogP) is 4.19. The lowest BCUT2D eigenvalue weighted by molar-refractivity contribution is -0.00537. The van der Waals surface area contributed by atoms with Crippen LogP contribution in [0.2, 0.25) is 5.02 Å². The molecule has 2 atom stereocenters. The lowest BCUT2D eigenvalue weighted by Gasteiger charge is -2.24. The molecule has 0 bridgehead atoms. The maximum absolute atomic E-state index is 6.07. The van der Waals surface area contributed by atoms with Crippen molar-refractivity contribution in [2.24, 2.45) is 0 Å². The van der Waals surface area contributed by atoms with Gasteiger partial charge in [-0.3, -0.25) is 0 Å². The van der Waals surface area contributed by atoms with Gasteiger partial charge in [0.15, 0.2) is 0 Å². The summed E-state index contributed by atoms with van der Waals surface area (Å²) in [5.41, 5.74) is 1.17. The van der Waals surface area contributed by atoms with Gasteiger partial charge in [-0.25, -0.2) is 0 Å². The molecule has 0 heterocycles. The Balaban J connectivity index is 2.72. The van der Waals surface area contributed by atoms with Crippen molar-refractivity contribution >= 4 is 11.6 Å². The summed E-state index contributed by atoms with van der Waals surface area (Å²) >= 11 is 5.92. The van der Waals surface area contributed by atoms with Gasteiger partial charge in [0.25, 0.3) is 0 Å². The van der Waals surface area contributed by atoms with Gasteiger partial charge < -0.3 is 10.1 Å². The fourth-order valence-corrected chi connectivity index (χ4v) is 1.77. The standard InChI is InChI=1S/C15H24ClNO/c1-5-12(4)18-15(10-17-11(2)3)13-6-8-14(16)9-7-13/h6-9,11-12,15,17H,5,10H2,1-4H3. The zero-order valence-corrected chi connectivity index (χ0v) is 12.5. The average molecular weight is 270 g/mol. The van der Waals surface area contributed by atoms with E-state index in [2.05, 4.69) is 33.0 Å². The summed E-state index contributed by atoms with van der Waals surface area (Å²) in [6.45, 7) is 9.35. The van der Waals surface area contributed by atoms with Gasteiger partial charge in [-0.2, -0.15) is 0 Å². The van der Waals surface area contributed by atoms with E-state index in [9.17, 15) is 0 Å². The maximum atomic E-state index is 6.07. The van der Waals surface area contributed by atoms with E-state index in [1.807, 2.05) is 24.3 Å². The molecular weight excluding hydrogens is 246 g/mol. The average Bonchev–Trinajstić information content (AvgIpc) is 2.35. The molecule has 0 saturated carbocycles. The molecule has 0 fully saturated rings. The molecule has 0 spiro atoms. The highest BCUT2D eigenvalue weighted by Gasteiger charge is 2.15. The van der Waals surface area contributed by atoms with Gasteiger partial charge in [0.1, 0.15) is 0 Å². The molecule has 0 saturated heterocycles. The van der Waals surface area contributed by atoms with Crippen LogP contribution in [-0.4, -0.2) is 18.7 Å². The Bertz CT molecular complexity index is 337. The van der Waals surface area contributed by atoms with Gasteiger partial charge in [-0.1, -0.05) is 44.5 Å². The summed E-state index contributed by atoms with van der Waals surface area (Å²) in [7, 11) is 0. The van der Waals surface area contributed by atoms with E-state index in [1.54, 1.807) is 0 Å². The summed E-state index contributed by atoms with van der Waals surface area (Å²) in [5, 5.41) is 4.19. The molecule has 18 heavy (non-hydrogen) atoms. The summed E-state index contributed by atoms with van der Waals surface area (Å²) in [6, 6.07) is 8.37. The van der Waals surface area contributed by atoms with Crippen molar-refractivity contribution in [3.8, 4) is 0 Å². The summed E-state index contributed by atoms with van der Waals surface area (Å²) < 4.78 is 6.07. The van der Waals surface area contributed by atoms with Crippen LogP contribution in [0.3, 0.4) is 0 Å². The van der Waals surface area contributed by atoms with Crippen molar-refractivity contribution in [1.82, 2.24) is 5.32 Å². The van der Waals surface area contributed by atoms with E-state index >= 15 is 0 Å². The first-order valence-corrected chi connectivity index (χ1v) is 7.05. The van der Waals surface area contributed by atoms with Crippen LogP contribution in [0.5, 0.6) is 0 Å². The Morgan fingerprint density at radius 3 is 2.28 bits per heavy atom. The van der Waals surface area contributed by atoms with Crippen molar-refractivity contribution in [3.63, 3.8) is 0 Å². The number of ether oxygens (including phenoxy) is 1. The molecule has 1 rings (SSSR count).